The number of nitrogens with zero attached hydrogens (tertiary/aromatic N) is 2. The van der Waals surface area contributed by atoms with Crippen LogP contribution in [-0.2, 0) is 11.2 Å². The third-order valence-corrected chi connectivity index (χ3v) is 4.45. The van der Waals surface area contributed by atoms with Crippen LogP contribution in [0.1, 0.15) is 31.9 Å². The van der Waals surface area contributed by atoms with E-state index in [0.29, 0.717) is 23.4 Å². The summed E-state index contributed by atoms with van der Waals surface area (Å²) in [5, 5.41) is 2.57. The van der Waals surface area contributed by atoms with E-state index in [1.54, 1.807) is 23.1 Å². The Balaban J connectivity index is 1.93. The summed E-state index contributed by atoms with van der Waals surface area (Å²) < 4.78 is 13.7. The van der Waals surface area contributed by atoms with E-state index >= 15 is 0 Å². The smallest absolute Gasteiger partial charge is 0.222 e. The van der Waals surface area contributed by atoms with Gasteiger partial charge in [0.1, 0.15) is 10.8 Å². The van der Waals surface area contributed by atoms with Crippen molar-refractivity contribution in [3.8, 4) is 10.6 Å². The highest BCUT2D eigenvalue weighted by Crippen LogP contribution is 2.26. The van der Waals surface area contributed by atoms with Gasteiger partial charge in [-0.25, -0.2) is 9.37 Å². The molecule has 0 aliphatic carbocycles. The van der Waals surface area contributed by atoms with Crippen LogP contribution in [0.15, 0.2) is 29.6 Å². The number of hydrogen-bond donors (Lipinski definition) is 0. The first-order valence-corrected chi connectivity index (χ1v) is 8.43. The quantitative estimate of drug-likeness (QED) is 0.768. The van der Waals surface area contributed by atoms with Gasteiger partial charge < -0.3 is 4.90 Å². The lowest BCUT2D eigenvalue weighted by Gasteiger charge is -2.16. The molecule has 0 aliphatic heterocycles. The first-order valence-electron chi connectivity index (χ1n) is 7.55. The third-order valence-electron chi connectivity index (χ3n) is 3.52. The fraction of sp³-hybridized carbons (Fsp3) is 0.412. The van der Waals surface area contributed by atoms with Crippen molar-refractivity contribution < 1.29 is 9.18 Å². The van der Waals surface area contributed by atoms with E-state index in [1.165, 1.54) is 17.4 Å². The Kier molecular flexibility index (Phi) is 6.07. The van der Waals surface area contributed by atoms with Crippen LogP contribution in [0.5, 0.6) is 0 Å². The molecule has 1 aromatic carbocycles. The zero-order chi connectivity index (χ0) is 15.9. The van der Waals surface area contributed by atoms with Crippen LogP contribution in [-0.4, -0.2) is 29.4 Å². The zero-order valence-corrected chi connectivity index (χ0v) is 13.8. The minimum Gasteiger partial charge on any atom is -0.346 e. The molecular formula is C17H21FN2OS. The van der Waals surface area contributed by atoms with Crippen molar-refractivity contribution in [2.24, 2.45) is 0 Å². The summed E-state index contributed by atoms with van der Waals surface area (Å²) in [6.45, 7) is 2.91. The second-order valence-electron chi connectivity index (χ2n) is 5.29. The molecule has 2 aromatic rings. The van der Waals surface area contributed by atoms with Gasteiger partial charge in [-0.1, -0.05) is 25.5 Å². The molecular weight excluding hydrogens is 299 g/mol. The summed E-state index contributed by atoms with van der Waals surface area (Å²) in [5.41, 5.74) is 1.37. The Morgan fingerprint density at radius 3 is 2.86 bits per heavy atom. The Morgan fingerprint density at radius 1 is 1.36 bits per heavy atom. The average Bonchev–Trinajstić information content (AvgIpc) is 2.99. The van der Waals surface area contributed by atoms with Gasteiger partial charge in [-0.05, 0) is 25.0 Å². The predicted molar refractivity (Wildman–Crippen MR) is 88.4 cm³/mol. The molecule has 118 valence electrons. The predicted octanol–water partition coefficient (Wildman–Crippen LogP) is 4.14. The molecule has 0 spiro atoms. The fourth-order valence-electron chi connectivity index (χ4n) is 2.13. The molecule has 1 heterocycles. The van der Waals surface area contributed by atoms with Gasteiger partial charge in [0.05, 0.1) is 5.69 Å². The molecule has 2 rings (SSSR count). The summed E-state index contributed by atoms with van der Waals surface area (Å²) in [6, 6.07) is 6.62. The molecule has 0 atom stereocenters. The topological polar surface area (TPSA) is 33.2 Å². The molecule has 5 heteroatoms. The highest BCUT2D eigenvalue weighted by Gasteiger charge is 2.12. The zero-order valence-electron chi connectivity index (χ0n) is 13.0. The minimum atomic E-state index is -0.265. The molecule has 0 radical (unpaired) electrons. The lowest BCUT2D eigenvalue weighted by atomic mass is 10.2. The van der Waals surface area contributed by atoms with Crippen LogP contribution in [0.4, 0.5) is 4.39 Å². The number of carbonyl (C=O) groups excluding carboxylic acids is 1. The maximum atomic E-state index is 13.7. The second-order valence-corrected chi connectivity index (χ2v) is 6.15. The van der Waals surface area contributed by atoms with Crippen molar-refractivity contribution in [1.29, 1.82) is 0 Å². The Morgan fingerprint density at radius 2 is 2.14 bits per heavy atom. The van der Waals surface area contributed by atoms with Crippen LogP contribution in [0.2, 0.25) is 0 Å². The van der Waals surface area contributed by atoms with Crippen molar-refractivity contribution in [3.05, 3.63) is 41.2 Å². The SMILES string of the molecule is CCCCN(C)C(=O)CCc1csc(-c2ccccc2F)n1. The minimum absolute atomic E-state index is 0.133. The fourth-order valence-corrected chi connectivity index (χ4v) is 3.01. The molecule has 0 saturated carbocycles. The number of aryl methyl sites for hydroxylation is 1. The molecule has 0 aliphatic rings. The number of aromatic nitrogens is 1. The van der Waals surface area contributed by atoms with Gasteiger partial charge in [0.15, 0.2) is 0 Å². The van der Waals surface area contributed by atoms with E-state index in [2.05, 4.69) is 11.9 Å². The Bertz CT molecular complexity index is 627. The largest absolute Gasteiger partial charge is 0.346 e. The standard InChI is InChI=1S/C17H21FN2OS/c1-3-4-11-20(2)16(21)10-9-13-12-22-17(19-13)14-7-5-6-8-15(14)18/h5-8,12H,3-4,9-11H2,1-2H3. The van der Waals surface area contributed by atoms with Crippen LogP contribution in [0.25, 0.3) is 10.6 Å². The molecule has 0 unspecified atom stereocenters. The normalized spacial score (nSPS) is 10.7. The van der Waals surface area contributed by atoms with Crippen molar-refractivity contribution in [2.75, 3.05) is 13.6 Å². The van der Waals surface area contributed by atoms with Crippen molar-refractivity contribution in [3.63, 3.8) is 0 Å². The lowest BCUT2D eigenvalue weighted by Crippen LogP contribution is -2.27. The maximum absolute atomic E-state index is 13.7. The average molecular weight is 320 g/mol. The van der Waals surface area contributed by atoms with Gasteiger partial charge >= 0.3 is 0 Å². The number of thiazole rings is 1. The molecule has 3 nitrogen and oxygen atoms in total. The monoisotopic (exact) mass is 320 g/mol. The molecule has 0 saturated heterocycles. The Hall–Kier alpha value is -1.75. The van der Waals surface area contributed by atoms with Crippen molar-refractivity contribution >= 4 is 17.2 Å². The highest BCUT2D eigenvalue weighted by atomic mass is 32.1. The number of halogens is 1. The van der Waals surface area contributed by atoms with Gasteiger partial charge in [-0.2, -0.15) is 0 Å². The molecule has 22 heavy (non-hydrogen) atoms. The summed E-state index contributed by atoms with van der Waals surface area (Å²) >= 11 is 1.41. The van der Waals surface area contributed by atoms with Gasteiger partial charge in [0.2, 0.25) is 5.91 Å². The van der Waals surface area contributed by atoms with Crippen molar-refractivity contribution in [2.45, 2.75) is 32.6 Å². The van der Waals surface area contributed by atoms with E-state index in [0.717, 1.165) is 25.1 Å². The number of rotatable bonds is 7. The number of hydrogen-bond acceptors (Lipinski definition) is 3. The third kappa shape index (κ3) is 4.37. The first-order chi connectivity index (χ1) is 10.6. The van der Waals surface area contributed by atoms with Gasteiger partial charge in [-0.3, -0.25) is 4.79 Å². The molecule has 0 N–H and O–H groups in total. The summed E-state index contributed by atoms with van der Waals surface area (Å²) in [4.78, 5) is 18.2. The van der Waals surface area contributed by atoms with E-state index in [4.69, 9.17) is 0 Å². The number of amides is 1. The van der Waals surface area contributed by atoms with Crippen LogP contribution < -0.4 is 0 Å². The van der Waals surface area contributed by atoms with Crippen molar-refractivity contribution in [1.82, 2.24) is 9.88 Å². The summed E-state index contributed by atoms with van der Waals surface area (Å²) in [5.74, 6) is -0.132. The number of carbonyl (C=O) groups is 1. The number of unbranched alkanes of at least 4 members (excludes halogenated alkanes) is 1. The van der Waals surface area contributed by atoms with E-state index in [1.807, 2.05) is 12.4 Å². The molecule has 0 bridgehead atoms. The first kappa shape index (κ1) is 16.6. The summed E-state index contributed by atoms with van der Waals surface area (Å²) in [6.07, 6.45) is 3.15. The van der Waals surface area contributed by atoms with E-state index < -0.39 is 0 Å². The number of benzene rings is 1. The molecule has 0 fully saturated rings. The summed E-state index contributed by atoms with van der Waals surface area (Å²) in [7, 11) is 1.84. The van der Waals surface area contributed by atoms with E-state index in [-0.39, 0.29) is 11.7 Å². The Labute approximate surface area is 134 Å². The second kappa shape index (κ2) is 8.03. The molecule has 1 amide bonds. The van der Waals surface area contributed by atoms with Crippen LogP contribution in [0, 0.1) is 5.82 Å². The molecule has 1 aromatic heterocycles. The maximum Gasteiger partial charge on any atom is 0.222 e. The van der Waals surface area contributed by atoms with Crippen LogP contribution in [0.3, 0.4) is 0 Å². The van der Waals surface area contributed by atoms with Gasteiger partial charge in [0, 0.05) is 31.0 Å². The highest BCUT2D eigenvalue weighted by molar-refractivity contribution is 7.13. The van der Waals surface area contributed by atoms with Crippen LogP contribution >= 0.6 is 11.3 Å². The van der Waals surface area contributed by atoms with Gasteiger partial charge in [0.25, 0.3) is 0 Å². The van der Waals surface area contributed by atoms with Gasteiger partial charge in [-0.15, -0.1) is 11.3 Å². The lowest BCUT2D eigenvalue weighted by molar-refractivity contribution is -0.129. The van der Waals surface area contributed by atoms with E-state index in [9.17, 15) is 9.18 Å².